The summed E-state index contributed by atoms with van der Waals surface area (Å²) in [6, 6.07) is 15.4. The Morgan fingerprint density at radius 2 is 1.64 bits per heavy atom. The van der Waals surface area contributed by atoms with Crippen LogP contribution in [-0.4, -0.2) is 26.6 Å². The smallest absolute Gasteiger partial charge is 0.264 e. The van der Waals surface area contributed by atoms with Crippen molar-refractivity contribution < 1.29 is 13.2 Å². The highest BCUT2D eigenvalue weighted by Crippen LogP contribution is 2.36. The highest BCUT2D eigenvalue weighted by molar-refractivity contribution is 7.92. The molecule has 7 heteroatoms. The van der Waals surface area contributed by atoms with E-state index in [4.69, 9.17) is 0 Å². The first-order valence-corrected chi connectivity index (χ1v) is 13.1. The molecule has 33 heavy (non-hydrogen) atoms. The number of nitrogens with zero attached hydrogens (tertiary/aromatic N) is 2. The average molecular weight is 470 g/mol. The lowest BCUT2D eigenvalue weighted by molar-refractivity contribution is -0.119. The Bertz CT molecular complexity index is 1060. The summed E-state index contributed by atoms with van der Waals surface area (Å²) in [7, 11) is -3.91. The van der Waals surface area contributed by atoms with Gasteiger partial charge in [0, 0.05) is 5.71 Å². The molecule has 3 rings (SSSR count). The van der Waals surface area contributed by atoms with Gasteiger partial charge in [-0.15, -0.1) is 0 Å². The molecule has 1 fully saturated rings. The number of sulfonamides is 1. The summed E-state index contributed by atoms with van der Waals surface area (Å²) in [5.41, 5.74) is 5.38. The minimum absolute atomic E-state index is 0.143. The summed E-state index contributed by atoms with van der Waals surface area (Å²) in [6.07, 6.45) is 4.66. The van der Waals surface area contributed by atoms with E-state index >= 15 is 0 Å². The number of hydrogen-bond donors (Lipinski definition) is 1. The van der Waals surface area contributed by atoms with Gasteiger partial charge in [-0.05, 0) is 73.3 Å². The van der Waals surface area contributed by atoms with Gasteiger partial charge < -0.3 is 0 Å². The van der Waals surface area contributed by atoms with Crippen molar-refractivity contribution in [2.45, 2.75) is 64.7 Å². The van der Waals surface area contributed by atoms with Crippen molar-refractivity contribution in [2.24, 2.45) is 16.4 Å². The number of benzene rings is 2. The van der Waals surface area contributed by atoms with E-state index in [0.29, 0.717) is 11.6 Å². The largest absolute Gasteiger partial charge is 0.271 e. The molecule has 0 spiro atoms. The van der Waals surface area contributed by atoms with Crippen LogP contribution in [0.2, 0.25) is 0 Å². The number of hydrazone groups is 1. The first-order chi connectivity index (χ1) is 15.6. The Morgan fingerprint density at radius 3 is 2.18 bits per heavy atom. The van der Waals surface area contributed by atoms with Crippen LogP contribution in [0.15, 0.2) is 64.6 Å². The van der Waals surface area contributed by atoms with Crippen molar-refractivity contribution in [1.29, 1.82) is 0 Å². The molecule has 178 valence electrons. The van der Waals surface area contributed by atoms with E-state index in [0.717, 1.165) is 47.7 Å². The molecule has 1 N–H and O–H groups in total. The molecule has 1 amide bonds. The third-order valence-electron chi connectivity index (χ3n) is 6.38. The Kier molecular flexibility index (Phi) is 7.95. The van der Waals surface area contributed by atoms with Crippen LogP contribution in [-0.2, 0) is 21.2 Å². The summed E-state index contributed by atoms with van der Waals surface area (Å²) in [4.78, 5) is 12.9. The predicted octanol–water partition coefficient (Wildman–Crippen LogP) is 5.15. The van der Waals surface area contributed by atoms with Gasteiger partial charge >= 0.3 is 0 Å². The molecule has 1 saturated carbocycles. The monoisotopic (exact) mass is 469 g/mol. The van der Waals surface area contributed by atoms with Crippen LogP contribution in [0.4, 0.5) is 5.69 Å². The maximum Gasteiger partial charge on any atom is 0.264 e. The van der Waals surface area contributed by atoms with Crippen molar-refractivity contribution in [3.63, 3.8) is 0 Å². The summed E-state index contributed by atoms with van der Waals surface area (Å²) >= 11 is 0. The highest BCUT2D eigenvalue weighted by atomic mass is 32.2. The summed E-state index contributed by atoms with van der Waals surface area (Å²) < 4.78 is 27.9. The van der Waals surface area contributed by atoms with Crippen LogP contribution < -0.4 is 9.73 Å². The average Bonchev–Trinajstić information content (AvgIpc) is 2.81. The van der Waals surface area contributed by atoms with Gasteiger partial charge in [0.05, 0.1) is 10.6 Å². The third-order valence-corrected chi connectivity index (χ3v) is 8.17. The standard InChI is InChI=1S/C26H35N3O3S/c1-5-20-11-17-23(18-12-20)29(33(31,32)24-9-7-6-8-10-24)19-25(30)28-27-22-15-13-21(14-16-22)26(2,3)4/h6-12,17-18,21H,5,13-16,19H2,1-4H3,(H,28,30). The fourth-order valence-electron chi connectivity index (χ4n) is 4.17. The molecule has 0 unspecified atom stereocenters. The van der Waals surface area contributed by atoms with Crippen molar-refractivity contribution >= 4 is 27.3 Å². The molecule has 0 saturated heterocycles. The van der Waals surface area contributed by atoms with E-state index in [1.54, 1.807) is 30.3 Å². The van der Waals surface area contributed by atoms with Gasteiger partial charge in [0.25, 0.3) is 15.9 Å². The Labute approximate surface area is 198 Å². The van der Waals surface area contributed by atoms with Gasteiger partial charge in [-0.3, -0.25) is 9.10 Å². The zero-order chi connectivity index (χ0) is 24.1. The Hall–Kier alpha value is -2.67. The van der Waals surface area contributed by atoms with Crippen LogP contribution in [0.1, 0.15) is 58.9 Å². The molecule has 0 bridgehead atoms. The van der Waals surface area contributed by atoms with Crippen LogP contribution >= 0.6 is 0 Å². The summed E-state index contributed by atoms with van der Waals surface area (Å²) in [5.74, 6) is 0.185. The molecule has 1 aliphatic carbocycles. The third kappa shape index (κ3) is 6.44. The quantitative estimate of drug-likeness (QED) is 0.570. The molecule has 0 aliphatic heterocycles. The number of carbonyl (C=O) groups is 1. The first kappa shape index (κ1) is 25.0. The lowest BCUT2D eigenvalue weighted by Gasteiger charge is -2.34. The predicted molar refractivity (Wildman–Crippen MR) is 134 cm³/mol. The highest BCUT2D eigenvalue weighted by Gasteiger charge is 2.29. The number of hydrogen-bond acceptors (Lipinski definition) is 4. The molecular formula is C26H35N3O3S. The van der Waals surface area contributed by atoms with Crippen LogP contribution in [0, 0.1) is 11.3 Å². The summed E-state index contributed by atoms with van der Waals surface area (Å²) in [6.45, 7) is 8.47. The minimum atomic E-state index is -3.91. The molecule has 0 aromatic heterocycles. The molecule has 6 nitrogen and oxygen atoms in total. The number of carbonyl (C=O) groups excluding carboxylic acids is 1. The Morgan fingerprint density at radius 1 is 1.03 bits per heavy atom. The van der Waals surface area contributed by atoms with Gasteiger partial charge in [-0.2, -0.15) is 5.10 Å². The normalized spacial score (nSPS) is 16.8. The fraction of sp³-hybridized carbons (Fsp3) is 0.462. The Balaban J connectivity index is 1.75. The van der Waals surface area contributed by atoms with Gasteiger partial charge in [0.2, 0.25) is 0 Å². The number of anilines is 1. The molecule has 0 radical (unpaired) electrons. The van der Waals surface area contributed by atoms with Crippen LogP contribution in [0.5, 0.6) is 0 Å². The van der Waals surface area contributed by atoms with Crippen molar-refractivity contribution in [1.82, 2.24) is 5.43 Å². The minimum Gasteiger partial charge on any atom is -0.271 e. The lowest BCUT2D eigenvalue weighted by Crippen LogP contribution is -2.40. The lowest BCUT2D eigenvalue weighted by atomic mass is 9.72. The van der Waals surface area contributed by atoms with E-state index in [1.807, 2.05) is 19.1 Å². The SMILES string of the molecule is CCc1ccc(N(CC(=O)NN=C2CCC(C(C)(C)C)CC2)S(=O)(=O)c2ccccc2)cc1. The van der Waals surface area contributed by atoms with Crippen LogP contribution in [0.25, 0.3) is 0 Å². The number of rotatable bonds is 7. The van der Waals surface area contributed by atoms with Gasteiger partial charge in [0.15, 0.2) is 0 Å². The van der Waals surface area contributed by atoms with Crippen molar-refractivity contribution in [2.75, 3.05) is 10.8 Å². The second-order valence-electron chi connectivity index (χ2n) is 9.70. The summed E-state index contributed by atoms with van der Waals surface area (Å²) in [5, 5.41) is 4.32. The van der Waals surface area contributed by atoms with E-state index < -0.39 is 15.9 Å². The molecule has 2 aromatic rings. The molecular weight excluding hydrogens is 434 g/mol. The molecule has 1 aliphatic rings. The number of amides is 1. The van der Waals surface area contributed by atoms with Crippen molar-refractivity contribution in [3.05, 3.63) is 60.2 Å². The van der Waals surface area contributed by atoms with Crippen molar-refractivity contribution in [3.8, 4) is 0 Å². The topological polar surface area (TPSA) is 78.8 Å². The first-order valence-electron chi connectivity index (χ1n) is 11.6. The molecule has 0 heterocycles. The zero-order valence-corrected chi connectivity index (χ0v) is 20.9. The zero-order valence-electron chi connectivity index (χ0n) is 20.0. The van der Waals surface area contributed by atoms with Gasteiger partial charge in [-0.25, -0.2) is 13.8 Å². The number of aryl methyl sites for hydroxylation is 1. The second kappa shape index (κ2) is 10.5. The van der Waals surface area contributed by atoms with E-state index in [9.17, 15) is 13.2 Å². The van der Waals surface area contributed by atoms with Gasteiger partial charge in [0.1, 0.15) is 6.54 Å². The van der Waals surface area contributed by atoms with Crippen LogP contribution in [0.3, 0.4) is 0 Å². The molecule has 0 atom stereocenters. The number of nitrogens with one attached hydrogen (secondary N) is 1. The van der Waals surface area contributed by atoms with Gasteiger partial charge in [-0.1, -0.05) is 58.0 Å². The maximum atomic E-state index is 13.4. The van der Waals surface area contributed by atoms with E-state index in [-0.39, 0.29) is 16.9 Å². The maximum absolute atomic E-state index is 13.4. The second-order valence-corrected chi connectivity index (χ2v) is 11.6. The fourth-order valence-corrected chi connectivity index (χ4v) is 5.61. The molecule has 2 aromatic carbocycles. The van der Waals surface area contributed by atoms with E-state index in [2.05, 4.69) is 31.3 Å². The van der Waals surface area contributed by atoms with E-state index in [1.165, 1.54) is 12.1 Å².